The summed E-state index contributed by atoms with van der Waals surface area (Å²) in [7, 11) is 3.44. The van der Waals surface area contributed by atoms with Crippen molar-refractivity contribution in [3.63, 3.8) is 0 Å². The fourth-order valence-electron chi connectivity index (χ4n) is 1.69. The van der Waals surface area contributed by atoms with Crippen LogP contribution >= 0.6 is 24.0 Å². The summed E-state index contributed by atoms with van der Waals surface area (Å²) in [6, 6.07) is 0. The molecule has 150 valence electrons. The Morgan fingerprint density at radius 1 is 1.20 bits per heavy atom. The van der Waals surface area contributed by atoms with Gasteiger partial charge in [0, 0.05) is 46.9 Å². The van der Waals surface area contributed by atoms with E-state index < -0.39 is 5.60 Å². The highest BCUT2D eigenvalue weighted by Gasteiger charge is 2.19. The van der Waals surface area contributed by atoms with Crippen LogP contribution in [0.3, 0.4) is 0 Å². The van der Waals surface area contributed by atoms with E-state index in [0.717, 1.165) is 32.1 Å². The lowest BCUT2D eigenvalue weighted by Gasteiger charge is -2.24. The molecular formula is C17H37IN4O3. The first-order valence-electron chi connectivity index (χ1n) is 8.62. The largest absolute Gasteiger partial charge is 0.444 e. The van der Waals surface area contributed by atoms with Gasteiger partial charge in [-0.05, 0) is 33.1 Å². The molecule has 0 atom stereocenters. The third kappa shape index (κ3) is 16.4. The smallest absolute Gasteiger partial charge is 0.410 e. The fourth-order valence-corrected chi connectivity index (χ4v) is 1.69. The number of amides is 1. The second kappa shape index (κ2) is 14.4. The maximum atomic E-state index is 11.8. The van der Waals surface area contributed by atoms with Gasteiger partial charge in [-0.25, -0.2) is 4.79 Å². The second-order valence-corrected chi connectivity index (χ2v) is 7.15. The van der Waals surface area contributed by atoms with Gasteiger partial charge in [0.25, 0.3) is 0 Å². The number of rotatable bonds is 9. The van der Waals surface area contributed by atoms with Crippen LogP contribution in [0.25, 0.3) is 0 Å². The molecule has 0 fully saturated rings. The number of likely N-dealkylation sites (N-methyl/N-ethyl adjacent to an activating group) is 1. The Kier molecular flexibility index (Phi) is 15.2. The molecule has 0 saturated heterocycles. The summed E-state index contributed by atoms with van der Waals surface area (Å²) in [6.45, 7) is 13.3. The molecule has 0 aliphatic heterocycles. The zero-order valence-electron chi connectivity index (χ0n) is 16.8. The maximum absolute atomic E-state index is 11.8. The summed E-state index contributed by atoms with van der Waals surface area (Å²) < 4.78 is 10.8. The van der Waals surface area contributed by atoms with Crippen LogP contribution in [0.2, 0.25) is 0 Å². The summed E-state index contributed by atoms with van der Waals surface area (Å²) >= 11 is 0. The first-order valence-corrected chi connectivity index (χ1v) is 8.62. The number of hydrogen-bond donors (Lipinski definition) is 2. The molecule has 1 amide bonds. The summed E-state index contributed by atoms with van der Waals surface area (Å²) in [5.74, 6) is 1.28. The van der Waals surface area contributed by atoms with Crippen LogP contribution in [0.1, 0.15) is 41.0 Å². The average Bonchev–Trinajstić information content (AvgIpc) is 2.46. The van der Waals surface area contributed by atoms with Crippen molar-refractivity contribution in [1.29, 1.82) is 0 Å². The maximum Gasteiger partial charge on any atom is 0.410 e. The van der Waals surface area contributed by atoms with Crippen molar-refractivity contribution in [2.75, 3.05) is 46.9 Å². The number of ether oxygens (including phenoxy) is 2. The lowest BCUT2D eigenvalue weighted by atomic mass is 10.2. The normalized spacial score (nSPS) is 11.8. The quantitative estimate of drug-likeness (QED) is 0.234. The summed E-state index contributed by atoms with van der Waals surface area (Å²) in [4.78, 5) is 17.5. The van der Waals surface area contributed by atoms with Crippen molar-refractivity contribution in [2.24, 2.45) is 10.9 Å². The molecule has 0 aromatic carbocycles. The zero-order chi connectivity index (χ0) is 18.6. The van der Waals surface area contributed by atoms with E-state index in [1.165, 1.54) is 0 Å². The monoisotopic (exact) mass is 472 g/mol. The standard InChI is InChI=1S/C17H36N4O3.HI/c1-14(2)13-23-12-8-9-19-15(18-6)20-10-11-21(7)16(22)24-17(3,4)5;/h14H,8-13H2,1-7H3,(H2,18,19,20);1H. The van der Waals surface area contributed by atoms with Crippen LogP contribution in [0.15, 0.2) is 4.99 Å². The Hall–Kier alpha value is -0.770. The van der Waals surface area contributed by atoms with Gasteiger partial charge < -0.3 is 25.0 Å². The van der Waals surface area contributed by atoms with Gasteiger partial charge in [-0.3, -0.25) is 4.99 Å². The predicted octanol–water partition coefficient (Wildman–Crippen LogP) is 2.70. The highest BCUT2D eigenvalue weighted by molar-refractivity contribution is 14.0. The molecule has 0 rings (SSSR count). The second-order valence-electron chi connectivity index (χ2n) is 7.15. The molecule has 0 heterocycles. The molecule has 0 aromatic heterocycles. The lowest BCUT2D eigenvalue weighted by molar-refractivity contribution is 0.0302. The number of carbonyl (C=O) groups is 1. The van der Waals surface area contributed by atoms with E-state index in [2.05, 4.69) is 29.5 Å². The number of halogens is 1. The highest BCUT2D eigenvalue weighted by atomic mass is 127. The zero-order valence-corrected chi connectivity index (χ0v) is 19.2. The van der Waals surface area contributed by atoms with E-state index >= 15 is 0 Å². The number of hydrogen-bond acceptors (Lipinski definition) is 4. The van der Waals surface area contributed by atoms with Crippen LogP contribution in [-0.2, 0) is 9.47 Å². The van der Waals surface area contributed by atoms with Crippen molar-refractivity contribution in [2.45, 2.75) is 46.6 Å². The van der Waals surface area contributed by atoms with Gasteiger partial charge in [0.1, 0.15) is 5.60 Å². The Balaban J connectivity index is 0. The van der Waals surface area contributed by atoms with Crippen LogP contribution in [0.5, 0.6) is 0 Å². The Bertz CT molecular complexity index is 385. The van der Waals surface area contributed by atoms with E-state index in [4.69, 9.17) is 9.47 Å². The van der Waals surface area contributed by atoms with Crippen molar-refractivity contribution in [3.8, 4) is 0 Å². The molecule has 8 heteroatoms. The number of nitrogens with one attached hydrogen (secondary N) is 2. The molecule has 0 unspecified atom stereocenters. The Morgan fingerprint density at radius 3 is 2.32 bits per heavy atom. The van der Waals surface area contributed by atoms with E-state index in [0.29, 0.717) is 19.0 Å². The number of guanidine groups is 1. The van der Waals surface area contributed by atoms with Gasteiger partial charge in [-0.1, -0.05) is 13.8 Å². The molecule has 25 heavy (non-hydrogen) atoms. The average molecular weight is 472 g/mol. The van der Waals surface area contributed by atoms with Crippen LogP contribution < -0.4 is 10.6 Å². The van der Waals surface area contributed by atoms with Crippen LogP contribution in [-0.4, -0.2) is 69.5 Å². The predicted molar refractivity (Wildman–Crippen MR) is 114 cm³/mol. The minimum absolute atomic E-state index is 0. The molecule has 0 bridgehead atoms. The van der Waals surface area contributed by atoms with E-state index in [9.17, 15) is 4.79 Å². The van der Waals surface area contributed by atoms with Gasteiger partial charge in [-0.15, -0.1) is 24.0 Å². The topological polar surface area (TPSA) is 75.2 Å². The lowest BCUT2D eigenvalue weighted by Crippen LogP contribution is -2.43. The van der Waals surface area contributed by atoms with Crippen molar-refractivity contribution in [1.82, 2.24) is 15.5 Å². The fraction of sp³-hybridized carbons (Fsp3) is 0.882. The Morgan fingerprint density at radius 2 is 1.80 bits per heavy atom. The molecular weight excluding hydrogens is 435 g/mol. The third-order valence-electron chi connectivity index (χ3n) is 2.88. The summed E-state index contributed by atoms with van der Waals surface area (Å²) in [5.41, 5.74) is -0.478. The first-order chi connectivity index (χ1) is 11.2. The van der Waals surface area contributed by atoms with Crippen LogP contribution in [0.4, 0.5) is 4.79 Å². The molecule has 7 nitrogen and oxygen atoms in total. The molecule has 0 aliphatic rings. The number of aliphatic imine (C=N–C) groups is 1. The van der Waals surface area contributed by atoms with Gasteiger partial charge in [-0.2, -0.15) is 0 Å². The molecule has 0 spiro atoms. The van der Waals surface area contributed by atoms with Crippen molar-refractivity contribution >= 4 is 36.0 Å². The Labute approximate surface area is 170 Å². The van der Waals surface area contributed by atoms with E-state index in [-0.39, 0.29) is 30.1 Å². The van der Waals surface area contributed by atoms with E-state index in [1.54, 1.807) is 19.0 Å². The minimum atomic E-state index is -0.478. The summed E-state index contributed by atoms with van der Waals surface area (Å²) in [5, 5.41) is 6.40. The van der Waals surface area contributed by atoms with Crippen LogP contribution in [0, 0.1) is 5.92 Å². The molecule has 0 aliphatic carbocycles. The van der Waals surface area contributed by atoms with Crippen molar-refractivity contribution in [3.05, 3.63) is 0 Å². The van der Waals surface area contributed by atoms with Crippen molar-refractivity contribution < 1.29 is 14.3 Å². The van der Waals surface area contributed by atoms with Gasteiger partial charge in [0.2, 0.25) is 0 Å². The van der Waals surface area contributed by atoms with Gasteiger partial charge >= 0.3 is 6.09 Å². The SMILES string of the molecule is CN=C(NCCCOCC(C)C)NCCN(C)C(=O)OC(C)(C)C.I. The number of carbonyl (C=O) groups excluding carboxylic acids is 1. The van der Waals surface area contributed by atoms with E-state index in [1.807, 2.05) is 20.8 Å². The third-order valence-corrected chi connectivity index (χ3v) is 2.88. The molecule has 0 aromatic rings. The minimum Gasteiger partial charge on any atom is -0.444 e. The molecule has 0 radical (unpaired) electrons. The first kappa shape index (κ1) is 26.5. The van der Waals surface area contributed by atoms with Gasteiger partial charge in [0.05, 0.1) is 0 Å². The molecule has 0 saturated carbocycles. The highest BCUT2D eigenvalue weighted by Crippen LogP contribution is 2.08. The summed E-state index contributed by atoms with van der Waals surface area (Å²) in [6.07, 6.45) is 0.597. The van der Waals surface area contributed by atoms with Gasteiger partial charge in [0.15, 0.2) is 5.96 Å². The molecule has 2 N–H and O–H groups in total. The number of nitrogens with zero attached hydrogens (tertiary/aromatic N) is 2.